The number of rotatable bonds is 0. The first-order valence-electron chi connectivity index (χ1n) is 9.16. The van der Waals surface area contributed by atoms with Crippen LogP contribution in [0.2, 0.25) is 0 Å². The van der Waals surface area contributed by atoms with E-state index < -0.39 is 12.1 Å². The van der Waals surface area contributed by atoms with Crippen LogP contribution in [-0.2, 0) is 9.59 Å². The minimum Gasteiger partial charge on any atom is -0.336 e. The lowest BCUT2D eigenvalue weighted by molar-refractivity contribution is -0.132. The highest BCUT2D eigenvalue weighted by Crippen LogP contribution is 2.43. The molecular weight excluding hydrogens is 333 g/mol. The summed E-state index contributed by atoms with van der Waals surface area (Å²) in [6, 6.07) is -0.0417. The maximum absolute atomic E-state index is 12.9. The first-order chi connectivity index (χ1) is 11.5. The molecule has 7 atom stereocenters. The second-order valence-electron chi connectivity index (χ2n) is 8.28. The summed E-state index contributed by atoms with van der Waals surface area (Å²) in [6.07, 6.45) is -0.379. The fourth-order valence-electron chi connectivity index (χ4n) is 4.76. The quantitative estimate of drug-likeness (QED) is 0.666. The van der Waals surface area contributed by atoms with E-state index in [1.165, 1.54) is 4.90 Å². The number of halogens is 3. The summed E-state index contributed by atoms with van der Waals surface area (Å²) in [5.41, 5.74) is 0. The van der Waals surface area contributed by atoms with Gasteiger partial charge in [-0.1, -0.05) is 27.7 Å². The van der Waals surface area contributed by atoms with Gasteiger partial charge in [-0.15, -0.1) is 0 Å². The van der Waals surface area contributed by atoms with Crippen LogP contribution >= 0.6 is 0 Å². The lowest BCUT2D eigenvalue weighted by Crippen LogP contribution is -2.31. The van der Waals surface area contributed by atoms with Crippen LogP contribution in [0.4, 0.5) is 13.2 Å². The molecule has 0 saturated carbocycles. The van der Waals surface area contributed by atoms with Gasteiger partial charge in [-0.2, -0.15) is 0 Å². The Hall–Kier alpha value is -1.27. The molecule has 4 rings (SSSR count). The van der Waals surface area contributed by atoms with Crippen LogP contribution in [0.5, 0.6) is 0 Å². The summed E-state index contributed by atoms with van der Waals surface area (Å²) in [5, 5.41) is 0. The first kappa shape index (κ1) is 18.5. The molecule has 2 amide bonds. The highest BCUT2D eigenvalue weighted by molar-refractivity contribution is 5.82. The third-order valence-electron chi connectivity index (χ3n) is 6.74. The van der Waals surface area contributed by atoms with E-state index in [0.29, 0.717) is 18.9 Å². The number of hydrogen-bond donors (Lipinski definition) is 0. The van der Waals surface area contributed by atoms with Gasteiger partial charge in [0, 0.05) is 36.8 Å². The van der Waals surface area contributed by atoms with Crippen molar-refractivity contribution in [3.63, 3.8) is 0 Å². The van der Waals surface area contributed by atoms with Crippen molar-refractivity contribution in [3.05, 3.63) is 0 Å². The fourth-order valence-corrected chi connectivity index (χ4v) is 4.76. The Labute approximate surface area is 146 Å². The molecule has 0 aromatic carbocycles. The Kier molecular flexibility index (Phi) is 4.57. The van der Waals surface area contributed by atoms with Gasteiger partial charge in [0.15, 0.2) is 0 Å². The van der Waals surface area contributed by atoms with Gasteiger partial charge in [-0.3, -0.25) is 9.59 Å². The average Bonchev–Trinajstić information content (AvgIpc) is 3.19. The Morgan fingerprint density at radius 3 is 1.96 bits per heavy atom. The highest BCUT2D eigenvalue weighted by atomic mass is 19.3. The number of nitrogens with zero attached hydrogens (tertiary/aromatic N) is 2. The average molecular weight is 360 g/mol. The first-order valence-corrected chi connectivity index (χ1v) is 9.16. The van der Waals surface area contributed by atoms with Crippen molar-refractivity contribution in [1.29, 1.82) is 0 Å². The second-order valence-corrected chi connectivity index (χ2v) is 8.28. The van der Waals surface area contributed by atoms with E-state index >= 15 is 0 Å². The smallest absolute Gasteiger partial charge is 0.267 e. The number of carbonyl (C=O) groups is 2. The predicted octanol–water partition coefficient (Wildman–Crippen LogP) is 2.72. The molecule has 25 heavy (non-hydrogen) atoms. The molecule has 0 bridgehead atoms. The number of amides is 2. The summed E-state index contributed by atoms with van der Waals surface area (Å²) >= 11 is 0. The summed E-state index contributed by atoms with van der Waals surface area (Å²) in [6.45, 7) is 7.66. The van der Waals surface area contributed by atoms with Crippen molar-refractivity contribution in [2.75, 3.05) is 13.1 Å². The third kappa shape index (κ3) is 3.04. The Bertz CT molecular complexity index is 571. The zero-order valence-corrected chi connectivity index (χ0v) is 15.2. The van der Waals surface area contributed by atoms with Gasteiger partial charge >= 0.3 is 0 Å². The van der Waals surface area contributed by atoms with Gasteiger partial charge < -0.3 is 9.80 Å². The van der Waals surface area contributed by atoms with E-state index in [4.69, 9.17) is 0 Å². The lowest BCUT2D eigenvalue weighted by Gasteiger charge is -2.16. The molecule has 0 aromatic heterocycles. The number of fused-ring (bicyclic) bond motifs is 2. The van der Waals surface area contributed by atoms with Gasteiger partial charge in [0.25, 0.3) is 5.92 Å². The molecule has 0 aliphatic carbocycles. The van der Waals surface area contributed by atoms with Crippen LogP contribution in [0.15, 0.2) is 0 Å². The van der Waals surface area contributed by atoms with Crippen LogP contribution in [0, 0.1) is 23.7 Å². The van der Waals surface area contributed by atoms with Crippen molar-refractivity contribution in [3.8, 4) is 0 Å². The summed E-state index contributed by atoms with van der Waals surface area (Å²) < 4.78 is 38.8. The van der Waals surface area contributed by atoms with Crippen molar-refractivity contribution in [2.24, 2.45) is 23.7 Å². The van der Waals surface area contributed by atoms with Crippen LogP contribution in [0.25, 0.3) is 0 Å². The fraction of sp³-hybridized carbons (Fsp3) is 0.889. The maximum Gasteiger partial charge on any atom is 0.267 e. The van der Waals surface area contributed by atoms with E-state index in [1.54, 1.807) is 4.90 Å². The second kappa shape index (κ2) is 6.16. The predicted molar refractivity (Wildman–Crippen MR) is 86.7 cm³/mol. The van der Waals surface area contributed by atoms with Crippen molar-refractivity contribution < 1.29 is 22.8 Å². The van der Waals surface area contributed by atoms with E-state index in [0.717, 1.165) is 0 Å². The van der Waals surface area contributed by atoms with Gasteiger partial charge in [-0.25, -0.2) is 13.2 Å². The van der Waals surface area contributed by atoms with E-state index in [2.05, 4.69) is 0 Å². The zero-order valence-electron chi connectivity index (χ0n) is 15.2. The van der Waals surface area contributed by atoms with E-state index in [9.17, 15) is 22.8 Å². The van der Waals surface area contributed by atoms with Gasteiger partial charge in [-0.05, 0) is 11.8 Å². The minimum atomic E-state index is -2.66. The van der Waals surface area contributed by atoms with Crippen LogP contribution in [0.3, 0.4) is 0 Å². The highest BCUT2D eigenvalue weighted by Gasteiger charge is 2.55. The number of carbonyl (C=O) groups excluding carboxylic acids is 2. The van der Waals surface area contributed by atoms with Crippen molar-refractivity contribution in [1.82, 2.24) is 9.80 Å². The molecule has 4 fully saturated rings. The monoisotopic (exact) mass is 360 g/mol. The molecule has 7 heteroatoms. The van der Waals surface area contributed by atoms with Gasteiger partial charge in [0.1, 0.15) is 6.17 Å². The van der Waals surface area contributed by atoms with Crippen LogP contribution < -0.4 is 0 Å². The summed E-state index contributed by atoms with van der Waals surface area (Å²) in [4.78, 5) is 26.1. The molecule has 0 N–H and O–H groups in total. The molecule has 5 unspecified atom stereocenters. The minimum absolute atomic E-state index is 0.0703. The van der Waals surface area contributed by atoms with E-state index in [1.807, 2.05) is 27.7 Å². The van der Waals surface area contributed by atoms with Crippen LogP contribution in [0.1, 0.15) is 40.5 Å². The molecule has 0 radical (unpaired) electrons. The normalized spacial score (nSPS) is 44.7. The molecule has 0 aromatic rings. The van der Waals surface area contributed by atoms with Crippen molar-refractivity contribution >= 4 is 11.8 Å². The Morgan fingerprint density at radius 1 is 0.920 bits per heavy atom. The lowest BCUT2D eigenvalue weighted by atomic mass is 9.91. The summed E-state index contributed by atoms with van der Waals surface area (Å²) in [5.74, 6) is -2.19. The maximum atomic E-state index is 12.9. The largest absolute Gasteiger partial charge is 0.336 e. The Balaban J connectivity index is 0.000000146. The molecule has 4 aliphatic rings. The third-order valence-corrected chi connectivity index (χ3v) is 6.74. The molecule has 4 aliphatic heterocycles. The topological polar surface area (TPSA) is 40.6 Å². The van der Waals surface area contributed by atoms with Gasteiger partial charge in [0.05, 0.1) is 13.1 Å². The number of hydrogen-bond acceptors (Lipinski definition) is 2. The number of alkyl halides is 3. The Morgan fingerprint density at radius 2 is 1.44 bits per heavy atom. The van der Waals surface area contributed by atoms with Gasteiger partial charge in [0.2, 0.25) is 11.8 Å². The molecule has 0 spiro atoms. The molecular formula is C18H27F3N2O2. The van der Waals surface area contributed by atoms with Crippen LogP contribution in [-0.4, -0.2) is 58.9 Å². The molecule has 4 nitrogen and oxygen atoms in total. The zero-order chi connectivity index (χ0) is 18.7. The summed E-state index contributed by atoms with van der Waals surface area (Å²) in [7, 11) is 0. The molecule has 142 valence electrons. The van der Waals surface area contributed by atoms with E-state index in [-0.39, 0.29) is 54.6 Å². The molecule has 4 saturated heterocycles. The SMILES string of the molecule is CC1C(=O)N2CC(F)(F)C[C@H]2C1C.CC1C(=O)N2CC(F)C[C@H]2C1C. The molecule has 4 heterocycles. The standard InChI is InChI=1S/C9H13F2NO.C9H14FNO/c1-5-6(2)8(13)12-4-9(10,11)3-7(5)12;1-5-6(2)9(12)11-4-7(10)3-8(5)11/h5-7H,3-4H2,1-2H3;5-8H,3-4H2,1-2H3/t5?,6?,7-;5?,6?,7?,8-/m00/s1. The van der Waals surface area contributed by atoms with Crippen molar-refractivity contribution in [2.45, 2.75) is 64.7 Å².